The molecule has 19 heavy (non-hydrogen) atoms. The van der Waals surface area contributed by atoms with Crippen molar-refractivity contribution in [2.75, 3.05) is 31.7 Å². The van der Waals surface area contributed by atoms with E-state index in [1.807, 2.05) is 6.07 Å². The summed E-state index contributed by atoms with van der Waals surface area (Å²) in [4.78, 5) is 11.0. The smallest absolute Gasteiger partial charge is 0.135 e. The van der Waals surface area contributed by atoms with E-state index in [0.29, 0.717) is 11.1 Å². The fraction of sp³-hybridized carbons (Fsp3) is 0.714. The second kappa shape index (κ2) is 6.53. The molecule has 1 aromatic heterocycles. The molecule has 0 bridgehead atoms. The standard InChI is InChI=1S/C14H22ClN3O/c1-10(2)14-16-12(15)7-13(17-14)18(3)8-11-5-4-6-19-9-11/h7,10-11H,4-6,8-9H2,1-3H3. The highest BCUT2D eigenvalue weighted by Crippen LogP contribution is 2.21. The van der Waals surface area contributed by atoms with Gasteiger partial charge in [-0.25, -0.2) is 9.97 Å². The first kappa shape index (κ1) is 14.5. The molecule has 0 aliphatic carbocycles. The van der Waals surface area contributed by atoms with Crippen LogP contribution in [0.15, 0.2) is 6.07 Å². The van der Waals surface area contributed by atoms with Crippen molar-refractivity contribution in [1.82, 2.24) is 9.97 Å². The molecule has 0 spiro atoms. The lowest BCUT2D eigenvalue weighted by Crippen LogP contribution is -2.31. The number of ether oxygens (including phenoxy) is 1. The highest BCUT2D eigenvalue weighted by molar-refractivity contribution is 6.29. The number of halogens is 1. The molecule has 5 heteroatoms. The van der Waals surface area contributed by atoms with Crippen LogP contribution in [-0.4, -0.2) is 36.8 Å². The lowest BCUT2D eigenvalue weighted by molar-refractivity contribution is 0.0576. The van der Waals surface area contributed by atoms with Gasteiger partial charge >= 0.3 is 0 Å². The van der Waals surface area contributed by atoms with E-state index < -0.39 is 0 Å². The van der Waals surface area contributed by atoms with Gasteiger partial charge < -0.3 is 9.64 Å². The minimum Gasteiger partial charge on any atom is -0.381 e. The summed E-state index contributed by atoms with van der Waals surface area (Å²) in [6.07, 6.45) is 2.38. The molecule has 4 nitrogen and oxygen atoms in total. The van der Waals surface area contributed by atoms with Crippen LogP contribution in [0.5, 0.6) is 0 Å². The average molecular weight is 284 g/mol. The van der Waals surface area contributed by atoms with E-state index in [1.54, 1.807) is 0 Å². The predicted molar refractivity (Wildman–Crippen MR) is 77.9 cm³/mol. The molecule has 1 aliphatic rings. The molecule has 0 amide bonds. The first-order valence-corrected chi connectivity index (χ1v) is 7.27. The Morgan fingerprint density at radius 1 is 1.47 bits per heavy atom. The fourth-order valence-electron chi connectivity index (χ4n) is 2.31. The van der Waals surface area contributed by atoms with Crippen LogP contribution in [0.2, 0.25) is 5.15 Å². The van der Waals surface area contributed by atoms with Gasteiger partial charge in [-0.05, 0) is 18.8 Å². The van der Waals surface area contributed by atoms with Crippen LogP contribution in [0.1, 0.15) is 38.4 Å². The molecule has 0 N–H and O–H groups in total. The third-order valence-corrected chi connectivity index (χ3v) is 3.59. The highest BCUT2D eigenvalue weighted by Gasteiger charge is 2.17. The Morgan fingerprint density at radius 2 is 2.26 bits per heavy atom. The second-order valence-electron chi connectivity index (χ2n) is 5.53. The summed E-state index contributed by atoms with van der Waals surface area (Å²) in [5, 5.41) is 0.514. The minimum absolute atomic E-state index is 0.281. The van der Waals surface area contributed by atoms with Gasteiger partial charge in [-0.2, -0.15) is 0 Å². The zero-order chi connectivity index (χ0) is 13.8. The summed E-state index contributed by atoms with van der Waals surface area (Å²) >= 11 is 6.08. The molecule has 2 heterocycles. The molecule has 0 radical (unpaired) electrons. The van der Waals surface area contributed by atoms with Crippen LogP contribution in [0.4, 0.5) is 5.82 Å². The molecular formula is C14H22ClN3O. The summed E-state index contributed by atoms with van der Waals surface area (Å²) in [6, 6.07) is 1.83. The van der Waals surface area contributed by atoms with Gasteiger partial charge in [-0.1, -0.05) is 25.4 Å². The molecule has 1 aromatic rings. The van der Waals surface area contributed by atoms with Crippen molar-refractivity contribution in [3.05, 3.63) is 17.0 Å². The number of hydrogen-bond acceptors (Lipinski definition) is 4. The third kappa shape index (κ3) is 4.05. The van der Waals surface area contributed by atoms with Crippen LogP contribution in [0.3, 0.4) is 0 Å². The quantitative estimate of drug-likeness (QED) is 0.796. The fourth-order valence-corrected chi connectivity index (χ4v) is 2.49. The van der Waals surface area contributed by atoms with Crippen LogP contribution in [0, 0.1) is 5.92 Å². The van der Waals surface area contributed by atoms with E-state index in [2.05, 4.69) is 35.8 Å². The third-order valence-electron chi connectivity index (χ3n) is 3.39. The zero-order valence-corrected chi connectivity index (χ0v) is 12.7. The second-order valence-corrected chi connectivity index (χ2v) is 5.91. The Bertz CT molecular complexity index is 419. The number of aromatic nitrogens is 2. The summed E-state index contributed by atoms with van der Waals surface area (Å²) in [6.45, 7) is 6.84. The van der Waals surface area contributed by atoms with Crippen LogP contribution < -0.4 is 4.90 Å². The van der Waals surface area contributed by atoms with Crippen molar-refractivity contribution >= 4 is 17.4 Å². The summed E-state index contributed by atoms with van der Waals surface area (Å²) in [5.41, 5.74) is 0. The molecule has 0 aromatic carbocycles. The molecule has 1 fully saturated rings. The minimum atomic E-state index is 0.281. The lowest BCUT2D eigenvalue weighted by atomic mass is 10.0. The maximum atomic E-state index is 6.08. The predicted octanol–water partition coefficient (Wildman–Crippen LogP) is 3.12. The number of nitrogens with zero attached hydrogens (tertiary/aromatic N) is 3. The maximum absolute atomic E-state index is 6.08. The van der Waals surface area contributed by atoms with Crippen LogP contribution in [-0.2, 0) is 4.74 Å². The monoisotopic (exact) mass is 283 g/mol. The van der Waals surface area contributed by atoms with Gasteiger partial charge in [-0.3, -0.25) is 0 Å². The zero-order valence-electron chi connectivity index (χ0n) is 11.9. The van der Waals surface area contributed by atoms with Crippen molar-refractivity contribution in [2.24, 2.45) is 5.92 Å². The molecular weight excluding hydrogens is 262 g/mol. The molecule has 1 saturated heterocycles. The SMILES string of the molecule is CC(C)c1nc(Cl)cc(N(C)CC2CCCOC2)n1. The summed E-state index contributed by atoms with van der Waals surface area (Å²) in [5.74, 6) is 2.56. The normalized spacial score (nSPS) is 19.7. The topological polar surface area (TPSA) is 38.2 Å². The number of rotatable bonds is 4. The van der Waals surface area contributed by atoms with E-state index >= 15 is 0 Å². The Morgan fingerprint density at radius 3 is 2.89 bits per heavy atom. The Balaban J connectivity index is 2.07. The van der Waals surface area contributed by atoms with E-state index in [9.17, 15) is 0 Å². The molecule has 1 atom stereocenters. The largest absolute Gasteiger partial charge is 0.381 e. The van der Waals surface area contributed by atoms with Gasteiger partial charge in [0.05, 0.1) is 6.61 Å². The number of hydrogen-bond donors (Lipinski definition) is 0. The van der Waals surface area contributed by atoms with Crippen molar-refractivity contribution < 1.29 is 4.74 Å². The van der Waals surface area contributed by atoms with Crippen molar-refractivity contribution in [3.63, 3.8) is 0 Å². The van der Waals surface area contributed by atoms with Gasteiger partial charge in [0.1, 0.15) is 16.8 Å². The Hall–Kier alpha value is -0.870. The van der Waals surface area contributed by atoms with Gasteiger partial charge in [0.15, 0.2) is 0 Å². The van der Waals surface area contributed by atoms with Crippen molar-refractivity contribution in [3.8, 4) is 0 Å². The van der Waals surface area contributed by atoms with Gasteiger partial charge in [-0.15, -0.1) is 0 Å². The van der Waals surface area contributed by atoms with E-state index in [4.69, 9.17) is 16.3 Å². The van der Waals surface area contributed by atoms with E-state index in [0.717, 1.165) is 37.8 Å². The first-order valence-electron chi connectivity index (χ1n) is 6.89. The average Bonchev–Trinajstić information content (AvgIpc) is 2.39. The number of anilines is 1. The van der Waals surface area contributed by atoms with Crippen LogP contribution in [0.25, 0.3) is 0 Å². The summed E-state index contributed by atoms with van der Waals surface area (Å²) in [7, 11) is 2.05. The van der Waals surface area contributed by atoms with Gasteiger partial charge in [0.25, 0.3) is 0 Å². The van der Waals surface area contributed by atoms with Crippen LogP contribution >= 0.6 is 11.6 Å². The molecule has 1 unspecified atom stereocenters. The Kier molecular flexibility index (Phi) is 4.99. The van der Waals surface area contributed by atoms with Crippen molar-refractivity contribution in [1.29, 1.82) is 0 Å². The molecule has 0 saturated carbocycles. The maximum Gasteiger partial charge on any atom is 0.135 e. The summed E-state index contributed by atoms with van der Waals surface area (Å²) < 4.78 is 5.52. The van der Waals surface area contributed by atoms with Gasteiger partial charge in [0.2, 0.25) is 0 Å². The van der Waals surface area contributed by atoms with E-state index in [-0.39, 0.29) is 5.92 Å². The Labute approximate surface area is 120 Å². The highest BCUT2D eigenvalue weighted by atomic mass is 35.5. The lowest BCUT2D eigenvalue weighted by Gasteiger charge is -2.28. The molecule has 106 valence electrons. The van der Waals surface area contributed by atoms with Crippen molar-refractivity contribution in [2.45, 2.75) is 32.6 Å². The molecule has 1 aliphatic heterocycles. The van der Waals surface area contributed by atoms with Gasteiger partial charge in [0, 0.05) is 32.2 Å². The van der Waals surface area contributed by atoms with E-state index in [1.165, 1.54) is 6.42 Å². The molecule has 2 rings (SSSR count). The first-order chi connectivity index (χ1) is 9.06.